The van der Waals surface area contributed by atoms with E-state index in [1.54, 1.807) is 0 Å². The topological polar surface area (TPSA) is 290 Å². The molecule has 6 aromatic carbocycles. The van der Waals surface area contributed by atoms with E-state index in [4.69, 9.17) is 18.3 Å². The quantitative estimate of drug-likeness (QED) is 0.0247. The number of methoxy groups -OCH3 is 2. The fourth-order valence-corrected chi connectivity index (χ4v) is 14.8. The van der Waals surface area contributed by atoms with Crippen LogP contribution in [0.1, 0.15) is 65.5 Å². The Morgan fingerprint density at radius 3 is 1.57 bits per heavy atom. The number of rotatable bonds is 24. The number of amides is 2. The Hall–Kier alpha value is -7.31. The van der Waals surface area contributed by atoms with E-state index in [1.807, 2.05) is 98.0 Å². The van der Waals surface area contributed by atoms with Gasteiger partial charge in [-0.3, -0.25) is 29.8 Å². The molecule has 2 N–H and O–H groups in total. The first kappa shape index (κ1) is 69.8. The van der Waals surface area contributed by atoms with Gasteiger partial charge in [0.15, 0.2) is 26.4 Å². The summed E-state index contributed by atoms with van der Waals surface area (Å²) in [5.41, 5.74) is 0.361. The van der Waals surface area contributed by atoms with E-state index in [2.05, 4.69) is 64.7 Å². The van der Waals surface area contributed by atoms with Crippen molar-refractivity contribution in [2.75, 3.05) is 40.5 Å². The first-order chi connectivity index (χ1) is 41.1. The van der Waals surface area contributed by atoms with Crippen LogP contribution in [-0.4, -0.2) is 141 Å². The summed E-state index contributed by atoms with van der Waals surface area (Å²) < 4.78 is 80.6. The van der Waals surface area contributed by atoms with Crippen LogP contribution in [0, 0.1) is 20.2 Å². The van der Waals surface area contributed by atoms with E-state index in [0.717, 1.165) is 55.2 Å². The molecule has 1 saturated heterocycles. The fraction of sp³-hybridized carbons (Fsp3) is 0.419. The number of hydrogen-bond acceptors (Lipinski definition) is 16. The van der Waals surface area contributed by atoms with E-state index in [1.165, 1.54) is 49.5 Å². The van der Waals surface area contributed by atoms with Gasteiger partial charge in [0.05, 0.1) is 24.1 Å². The van der Waals surface area contributed by atoms with Crippen LogP contribution in [0.5, 0.6) is 0 Å². The third-order valence-electron chi connectivity index (χ3n) is 16.6. The predicted molar refractivity (Wildman–Crippen MR) is 340 cm³/mol. The maximum Gasteiger partial charge on any atom is 0.328 e. The van der Waals surface area contributed by atoms with Crippen molar-refractivity contribution in [2.45, 2.75) is 137 Å². The number of para-hydroxylation sites is 2. The second kappa shape index (κ2) is 28.9. The van der Waals surface area contributed by atoms with Gasteiger partial charge in [-0.05, 0) is 93.9 Å². The van der Waals surface area contributed by atoms with Crippen LogP contribution >= 0.6 is 0 Å². The highest BCUT2D eigenvalue weighted by Crippen LogP contribution is 2.39. The summed E-state index contributed by atoms with van der Waals surface area (Å²) >= 11 is 0. The number of sulfonamides is 2. The minimum absolute atomic E-state index is 0.00553. The number of nitrogens with zero attached hydrogens (tertiary/aromatic N) is 4. The van der Waals surface area contributed by atoms with Gasteiger partial charge in [0, 0.05) is 51.3 Å². The first-order valence-corrected chi connectivity index (χ1v) is 37.4. The first-order valence-electron chi connectivity index (χ1n) is 28.6. The standard InChI is InChI=1S/C32H41N3O8SSi.C30H39N3O8SSi/c1-32(2,3)45(5,6)43-20-17-27-30(36)33(18-19-34(27)44(40,41)29-14-10-9-13-26(29)35(38)39)28(31(37)42-4)22-23-15-16-24-11-7-8-12-25(24)21-23;1-30(2,3)43(5,6)41-18-17-24(32-42(38,39)27-14-10-9-13-26(27)33(36)37)28(34)31-25(29(35)40-4)20-21-15-16-22-11-7-8-12-23(22)19-21/h7-16,21,27-28H,17-20,22H2,1-6H3;7-16,19,24-25,32H,17-18,20H2,1-6H3,(H,31,34). The molecular formula is C62H80N6O16S2Si2. The number of hydrogen-bond donors (Lipinski definition) is 2. The highest BCUT2D eigenvalue weighted by Gasteiger charge is 2.48. The number of nitrogens with one attached hydrogen (secondary N) is 2. The molecule has 474 valence electrons. The number of nitro benzene ring substituents is 2. The number of benzene rings is 6. The molecule has 22 nitrogen and oxygen atoms in total. The molecule has 0 aromatic heterocycles. The fourth-order valence-electron chi connectivity index (χ4n) is 9.48. The maximum atomic E-state index is 14.3. The number of ether oxygens (including phenoxy) is 2. The van der Waals surface area contributed by atoms with Gasteiger partial charge in [0.25, 0.3) is 21.4 Å². The van der Waals surface area contributed by atoms with Crippen molar-refractivity contribution in [3.63, 3.8) is 0 Å². The minimum atomic E-state index is -4.53. The SMILES string of the molecule is COC(=O)C(Cc1ccc2ccccc2c1)N1CCN(S(=O)(=O)c2ccccc2[N+](=O)[O-])C(CCO[Si](C)(C)C(C)(C)C)C1=O.COC(=O)C(Cc1ccc2ccccc2c1)NC(=O)C(CCO[Si](C)(C)C(C)(C)C)NS(=O)(=O)c1ccccc1[N+](=O)[O-]. The van der Waals surface area contributed by atoms with Gasteiger partial charge >= 0.3 is 11.9 Å². The number of carbonyl (C=O) groups excluding carboxylic acids is 4. The number of piperazine rings is 1. The highest BCUT2D eigenvalue weighted by molar-refractivity contribution is 7.89. The third kappa shape index (κ3) is 17.1. The summed E-state index contributed by atoms with van der Waals surface area (Å²) in [5.74, 6) is -2.71. The monoisotopic (exact) mass is 1280 g/mol. The molecule has 0 radical (unpaired) electrons. The van der Waals surface area contributed by atoms with Crippen molar-refractivity contribution >= 4 is 93.4 Å². The van der Waals surface area contributed by atoms with Crippen LogP contribution in [0.4, 0.5) is 11.4 Å². The molecule has 4 atom stereocenters. The molecule has 2 amide bonds. The van der Waals surface area contributed by atoms with Crippen LogP contribution in [0.3, 0.4) is 0 Å². The molecule has 1 heterocycles. The molecular weight excluding hydrogens is 1210 g/mol. The average molecular weight is 1290 g/mol. The normalized spacial score (nSPS) is 15.6. The zero-order valence-electron chi connectivity index (χ0n) is 51.8. The molecule has 0 bridgehead atoms. The van der Waals surface area contributed by atoms with Crippen molar-refractivity contribution in [1.82, 2.24) is 19.2 Å². The average Bonchev–Trinajstić information content (AvgIpc) is 1.35. The Balaban J connectivity index is 0.000000281. The maximum absolute atomic E-state index is 14.3. The van der Waals surface area contributed by atoms with Crippen LogP contribution in [-0.2, 0) is 70.4 Å². The van der Waals surface area contributed by atoms with Gasteiger partial charge in [-0.15, -0.1) is 0 Å². The van der Waals surface area contributed by atoms with Crippen LogP contribution < -0.4 is 10.0 Å². The highest BCUT2D eigenvalue weighted by atomic mass is 32.2. The zero-order valence-corrected chi connectivity index (χ0v) is 55.4. The lowest BCUT2D eigenvalue weighted by Gasteiger charge is -2.43. The molecule has 0 spiro atoms. The van der Waals surface area contributed by atoms with E-state index >= 15 is 0 Å². The lowest BCUT2D eigenvalue weighted by atomic mass is 9.99. The van der Waals surface area contributed by atoms with Crippen LogP contribution in [0.15, 0.2) is 143 Å². The van der Waals surface area contributed by atoms with E-state index in [0.29, 0.717) is 0 Å². The molecule has 4 unspecified atom stereocenters. The summed E-state index contributed by atoms with van der Waals surface area (Å²) in [6.45, 7) is 20.4. The van der Waals surface area contributed by atoms with Crippen molar-refractivity contribution in [3.05, 3.63) is 165 Å². The second-order valence-electron chi connectivity index (χ2n) is 24.5. The van der Waals surface area contributed by atoms with E-state index < -0.39 is 116 Å². The Kier molecular flexibility index (Phi) is 22.9. The Morgan fingerprint density at radius 2 is 1.07 bits per heavy atom. The lowest BCUT2D eigenvalue weighted by Crippen LogP contribution is -2.63. The Morgan fingerprint density at radius 1 is 0.614 bits per heavy atom. The summed E-state index contributed by atoms with van der Waals surface area (Å²) in [6, 6.07) is 32.1. The van der Waals surface area contributed by atoms with Crippen molar-refractivity contribution in [1.29, 1.82) is 0 Å². The molecule has 26 heteroatoms. The number of esters is 2. The van der Waals surface area contributed by atoms with Crippen molar-refractivity contribution < 1.29 is 64.2 Å². The summed E-state index contributed by atoms with van der Waals surface area (Å²) in [6.07, 6.45) is 0.175. The van der Waals surface area contributed by atoms with Crippen LogP contribution in [0.2, 0.25) is 36.3 Å². The second-order valence-corrected chi connectivity index (χ2v) is 37.6. The predicted octanol–water partition coefficient (Wildman–Crippen LogP) is 9.85. The van der Waals surface area contributed by atoms with Gasteiger partial charge in [-0.25, -0.2) is 26.4 Å². The van der Waals surface area contributed by atoms with Gasteiger partial charge < -0.3 is 28.5 Å². The lowest BCUT2D eigenvalue weighted by molar-refractivity contribution is -0.388. The van der Waals surface area contributed by atoms with Gasteiger partial charge in [-0.2, -0.15) is 9.03 Å². The van der Waals surface area contributed by atoms with E-state index in [9.17, 15) is 56.2 Å². The van der Waals surface area contributed by atoms with Crippen LogP contribution in [0.25, 0.3) is 21.5 Å². The van der Waals surface area contributed by atoms with Crippen molar-refractivity contribution in [3.8, 4) is 0 Å². The summed E-state index contributed by atoms with van der Waals surface area (Å²) in [7, 11) is -11.1. The number of fused-ring (bicyclic) bond motifs is 2. The summed E-state index contributed by atoms with van der Waals surface area (Å²) in [5, 5.41) is 29.6. The number of carbonyl (C=O) groups is 4. The molecule has 1 aliphatic heterocycles. The Labute approximate surface area is 516 Å². The third-order valence-corrected chi connectivity index (χ3v) is 29.1. The molecule has 6 aromatic rings. The number of nitro groups is 2. The molecule has 1 aliphatic rings. The molecule has 88 heavy (non-hydrogen) atoms. The molecule has 1 fully saturated rings. The minimum Gasteiger partial charge on any atom is -0.467 e. The zero-order chi connectivity index (χ0) is 65.2. The Bertz CT molecular complexity index is 3760. The van der Waals surface area contributed by atoms with E-state index in [-0.39, 0.29) is 62.1 Å². The smallest absolute Gasteiger partial charge is 0.328 e. The largest absolute Gasteiger partial charge is 0.467 e. The summed E-state index contributed by atoms with van der Waals surface area (Å²) in [4.78, 5) is 75.9. The molecule has 0 saturated carbocycles. The molecule has 7 rings (SSSR count). The van der Waals surface area contributed by atoms with Crippen molar-refractivity contribution in [2.24, 2.45) is 0 Å². The van der Waals surface area contributed by atoms with Gasteiger partial charge in [0.2, 0.25) is 21.8 Å². The molecule has 0 aliphatic carbocycles. The van der Waals surface area contributed by atoms with Gasteiger partial charge in [0.1, 0.15) is 24.2 Å². The van der Waals surface area contributed by atoms with Gasteiger partial charge in [-0.1, -0.05) is 151 Å².